The summed E-state index contributed by atoms with van der Waals surface area (Å²) in [5.41, 5.74) is 0.551. The van der Waals surface area contributed by atoms with Gasteiger partial charge in [-0.3, -0.25) is 19.3 Å². The number of carbonyl (C=O) groups excluding carboxylic acids is 3. The summed E-state index contributed by atoms with van der Waals surface area (Å²) in [6.45, 7) is 1.52. The maximum Gasteiger partial charge on any atom is 0.294 e. The largest absolute Gasteiger partial charge is 0.493 e. The average Bonchev–Trinajstić information content (AvgIpc) is 3.01. The van der Waals surface area contributed by atoms with Crippen LogP contribution < -0.4 is 14.2 Å². The first-order valence-corrected chi connectivity index (χ1v) is 9.71. The van der Waals surface area contributed by atoms with Crippen LogP contribution in [0.5, 0.6) is 17.2 Å². The van der Waals surface area contributed by atoms with Crippen molar-refractivity contribution in [3.05, 3.63) is 22.6 Å². The molecule has 0 saturated carbocycles. The summed E-state index contributed by atoms with van der Waals surface area (Å²) in [6, 6.07) is 3.38. The SMILES string of the molecule is COc1ccc(/C=C2\SC(=O)N(CC(=O)N3CCOCC3)C2=O)c(OC)c1OC. The molecule has 2 fully saturated rings. The van der Waals surface area contributed by atoms with Crippen molar-refractivity contribution in [2.45, 2.75) is 0 Å². The molecule has 0 N–H and O–H groups in total. The van der Waals surface area contributed by atoms with Gasteiger partial charge < -0.3 is 23.8 Å². The highest BCUT2D eigenvalue weighted by Crippen LogP contribution is 2.42. The molecule has 156 valence electrons. The minimum Gasteiger partial charge on any atom is -0.493 e. The van der Waals surface area contributed by atoms with Crippen molar-refractivity contribution in [2.75, 3.05) is 54.2 Å². The van der Waals surface area contributed by atoms with E-state index in [-0.39, 0.29) is 17.4 Å². The number of thioether (sulfide) groups is 1. The quantitative estimate of drug-likeness (QED) is 0.638. The van der Waals surface area contributed by atoms with Gasteiger partial charge >= 0.3 is 0 Å². The normalized spacial score (nSPS) is 18.4. The fraction of sp³-hybridized carbons (Fsp3) is 0.421. The molecule has 3 rings (SSSR count). The number of carbonyl (C=O) groups is 3. The van der Waals surface area contributed by atoms with Crippen molar-refractivity contribution in [2.24, 2.45) is 0 Å². The van der Waals surface area contributed by atoms with Gasteiger partial charge in [-0.1, -0.05) is 0 Å². The van der Waals surface area contributed by atoms with Crippen molar-refractivity contribution in [3.63, 3.8) is 0 Å². The first-order valence-electron chi connectivity index (χ1n) is 8.90. The fourth-order valence-electron chi connectivity index (χ4n) is 3.06. The number of hydrogen-bond acceptors (Lipinski definition) is 8. The van der Waals surface area contributed by atoms with Crippen LogP contribution in [0.15, 0.2) is 17.0 Å². The predicted molar refractivity (Wildman–Crippen MR) is 106 cm³/mol. The zero-order valence-electron chi connectivity index (χ0n) is 16.4. The molecule has 2 heterocycles. The number of amides is 3. The van der Waals surface area contributed by atoms with E-state index in [0.717, 1.165) is 16.7 Å². The van der Waals surface area contributed by atoms with Gasteiger partial charge in [0.25, 0.3) is 11.1 Å². The summed E-state index contributed by atoms with van der Waals surface area (Å²) < 4.78 is 21.2. The Hall–Kier alpha value is -2.72. The second-order valence-electron chi connectivity index (χ2n) is 6.18. The van der Waals surface area contributed by atoms with E-state index < -0.39 is 11.1 Å². The molecule has 1 aromatic carbocycles. The van der Waals surface area contributed by atoms with E-state index in [4.69, 9.17) is 18.9 Å². The van der Waals surface area contributed by atoms with Crippen molar-refractivity contribution in [1.82, 2.24) is 9.80 Å². The molecule has 29 heavy (non-hydrogen) atoms. The Kier molecular flexibility index (Phi) is 6.65. The van der Waals surface area contributed by atoms with Crippen molar-refractivity contribution < 1.29 is 33.3 Å². The van der Waals surface area contributed by atoms with Crippen LogP contribution in [-0.2, 0) is 14.3 Å². The first-order chi connectivity index (χ1) is 14.0. The zero-order chi connectivity index (χ0) is 21.0. The Morgan fingerprint density at radius 1 is 1.10 bits per heavy atom. The lowest BCUT2D eigenvalue weighted by molar-refractivity contribution is -0.139. The predicted octanol–water partition coefficient (Wildman–Crippen LogP) is 1.61. The van der Waals surface area contributed by atoms with E-state index in [1.165, 1.54) is 21.3 Å². The lowest BCUT2D eigenvalue weighted by Crippen LogP contribution is -2.46. The number of hydrogen-bond donors (Lipinski definition) is 0. The monoisotopic (exact) mass is 422 g/mol. The van der Waals surface area contributed by atoms with Gasteiger partial charge in [-0.15, -0.1) is 0 Å². The lowest BCUT2D eigenvalue weighted by Gasteiger charge is -2.28. The minimum atomic E-state index is -0.515. The topological polar surface area (TPSA) is 94.6 Å². The van der Waals surface area contributed by atoms with Gasteiger partial charge in [-0.2, -0.15) is 0 Å². The van der Waals surface area contributed by atoms with E-state index in [9.17, 15) is 14.4 Å². The minimum absolute atomic E-state index is 0.204. The summed E-state index contributed by atoms with van der Waals surface area (Å²) in [5.74, 6) is 0.443. The molecule has 10 heteroatoms. The van der Waals surface area contributed by atoms with Gasteiger partial charge in [0.1, 0.15) is 6.54 Å². The van der Waals surface area contributed by atoms with Gasteiger partial charge in [0.05, 0.1) is 39.4 Å². The Morgan fingerprint density at radius 3 is 2.41 bits per heavy atom. The smallest absolute Gasteiger partial charge is 0.294 e. The third kappa shape index (κ3) is 4.33. The molecule has 0 aromatic heterocycles. The second kappa shape index (κ2) is 9.19. The van der Waals surface area contributed by atoms with E-state index >= 15 is 0 Å². The van der Waals surface area contributed by atoms with Gasteiger partial charge in [-0.25, -0.2) is 0 Å². The molecule has 0 unspecified atom stereocenters. The number of rotatable bonds is 6. The van der Waals surface area contributed by atoms with E-state index in [2.05, 4.69) is 0 Å². The van der Waals surface area contributed by atoms with Gasteiger partial charge in [-0.05, 0) is 30.0 Å². The summed E-state index contributed by atoms with van der Waals surface area (Å²) in [6.07, 6.45) is 1.55. The zero-order valence-corrected chi connectivity index (χ0v) is 17.2. The van der Waals surface area contributed by atoms with Crippen LogP contribution in [0.4, 0.5) is 4.79 Å². The highest BCUT2D eigenvalue weighted by molar-refractivity contribution is 8.18. The molecule has 3 amide bonds. The maximum atomic E-state index is 12.7. The van der Waals surface area contributed by atoms with Crippen LogP contribution in [0.1, 0.15) is 5.56 Å². The summed E-state index contributed by atoms with van der Waals surface area (Å²) in [5, 5.41) is -0.484. The molecule has 0 atom stereocenters. The van der Waals surface area contributed by atoms with Crippen LogP contribution in [0.3, 0.4) is 0 Å². The summed E-state index contributed by atoms with van der Waals surface area (Å²) in [7, 11) is 4.46. The lowest BCUT2D eigenvalue weighted by atomic mass is 10.1. The first kappa shape index (κ1) is 21.0. The molecule has 2 aliphatic heterocycles. The van der Waals surface area contributed by atoms with Crippen molar-refractivity contribution >= 4 is 34.9 Å². The van der Waals surface area contributed by atoms with Crippen LogP contribution in [0.25, 0.3) is 6.08 Å². The summed E-state index contributed by atoms with van der Waals surface area (Å²) >= 11 is 0.783. The van der Waals surface area contributed by atoms with Crippen LogP contribution in [0, 0.1) is 0 Å². The third-order valence-electron chi connectivity index (χ3n) is 4.55. The molecule has 0 bridgehead atoms. The number of benzene rings is 1. The maximum absolute atomic E-state index is 12.7. The standard InChI is InChI=1S/C19H22N2O7S/c1-25-13-5-4-12(16(26-2)17(13)27-3)10-14-18(23)21(19(24)29-14)11-15(22)20-6-8-28-9-7-20/h4-5,10H,6-9,11H2,1-3H3/b14-10-. The van der Waals surface area contributed by atoms with E-state index in [0.29, 0.717) is 49.1 Å². The average molecular weight is 422 g/mol. The molecule has 2 aliphatic rings. The molecular formula is C19H22N2O7S. The van der Waals surface area contributed by atoms with Crippen molar-refractivity contribution in [3.8, 4) is 17.2 Å². The number of methoxy groups -OCH3 is 3. The second-order valence-corrected chi connectivity index (χ2v) is 7.18. The van der Waals surface area contributed by atoms with Gasteiger partial charge in [0, 0.05) is 18.7 Å². The molecule has 0 radical (unpaired) electrons. The Bertz CT molecular complexity index is 849. The molecule has 0 spiro atoms. The molecule has 9 nitrogen and oxygen atoms in total. The Balaban J connectivity index is 1.82. The van der Waals surface area contributed by atoms with Crippen LogP contribution in [-0.4, -0.2) is 81.0 Å². The van der Waals surface area contributed by atoms with Gasteiger partial charge in [0.2, 0.25) is 11.7 Å². The fourth-order valence-corrected chi connectivity index (χ4v) is 3.89. The molecule has 0 aliphatic carbocycles. The van der Waals surface area contributed by atoms with E-state index in [1.54, 1.807) is 23.1 Å². The highest BCUT2D eigenvalue weighted by Gasteiger charge is 2.37. The molecular weight excluding hydrogens is 400 g/mol. The van der Waals surface area contributed by atoms with Crippen LogP contribution >= 0.6 is 11.8 Å². The third-order valence-corrected chi connectivity index (χ3v) is 5.46. The van der Waals surface area contributed by atoms with E-state index in [1.807, 2.05) is 0 Å². The highest BCUT2D eigenvalue weighted by atomic mass is 32.2. The Labute approximate surface area is 172 Å². The summed E-state index contributed by atoms with van der Waals surface area (Å²) in [4.78, 5) is 40.2. The number of imide groups is 1. The van der Waals surface area contributed by atoms with Crippen molar-refractivity contribution in [1.29, 1.82) is 0 Å². The number of nitrogens with zero attached hydrogens (tertiary/aromatic N) is 2. The Morgan fingerprint density at radius 2 is 1.79 bits per heavy atom. The van der Waals surface area contributed by atoms with Crippen LogP contribution in [0.2, 0.25) is 0 Å². The number of morpholine rings is 1. The molecule has 1 aromatic rings. The number of ether oxygens (including phenoxy) is 4. The van der Waals surface area contributed by atoms with Gasteiger partial charge in [0.15, 0.2) is 11.5 Å². The molecule has 2 saturated heterocycles.